The number of nitrogen functional groups attached to an aromatic ring is 1. The van der Waals surface area contributed by atoms with E-state index in [9.17, 15) is 4.79 Å². The summed E-state index contributed by atoms with van der Waals surface area (Å²) in [5.41, 5.74) is 9.48. The molecule has 0 aliphatic carbocycles. The molecule has 0 saturated carbocycles. The maximum absolute atomic E-state index is 12.4. The molecule has 150 valence electrons. The molecule has 30 heavy (non-hydrogen) atoms. The Labute approximate surface area is 174 Å². The number of fused-ring (bicyclic) bond motifs is 1. The Hall–Kier alpha value is -4.00. The van der Waals surface area contributed by atoms with E-state index in [4.69, 9.17) is 10.5 Å². The van der Waals surface area contributed by atoms with Gasteiger partial charge in [-0.05, 0) is 31.2 Å². The van der Waals surface area contributed by atoms with Gasteiger partial charge in [0.15, 0.2) is 0 Å². The average Bonchev–Trinajstić information content (AvgIpc) is 2.77. The van der Waals surface area contributed by atoms with E-state index >= 15 is 0 Å². The van der Waals surface area contributed by atoms with Gasteiger partial charge in [-0.15, -0.1) is 0 Å². The number of nitrogens with zero attached hydrogens (tertiary/aromatic N) is 3. The van der Waals surface area contributed by atoms with Crippen LogP contribution in [0.5, 0.6) is 5.75 Å². The lowest BCUT2D eigenvalue weighted by molar-refractivity contribution is 0.0947. The molecule has 0 radical (unpaired) electrons. The van der Waals surface area contributed by atoms with Gasteiger partial charge in [-0.25, -0.2) is 9.97 Å². The third-order valence-electron chi connectivity index (χ3n) is 4.56. The quantitative estimate of drug-likeness (QED) is 0.482. The molecule has 4 rings (SSSR count). The fourth-order valence-electron chi connectivity index (χ4n) is 3.07. The summed E-state index contributed by atoms with van der Waals surface area (Å²) in [5, 5.41) is 3.89. The van der Waals surface area contributed by atoms with Gasteiger partial charge in [0.2, 0.25) is 0 Å². The summed E-state index contributed by atoms with van der Waals surface area (Å²) in [6.07, 6.45) is 3.12. The van der Waals surface area contributed by atoms with Crippen molar-refractivity contribution in [1.82, 2.24) is 20.3 Å². The number of carbonyl (C=O) groups is 1. The van der Waals surface area contributed by atoms with Crippen molar-refractivity contribution < 1.29 is 9.53 Å². The van der Waals surface area contributed by atoms with Crippen molar-refractivity contribution in [3.63, 3.8) is 0 Å². The molecule has 0 aliphatic heterocycles. The zero-order chi connectivity index (χ0) is 20.9. The first-order valence-electron chi connectivity index (χ1n) is 9.55. The smallest absolute Gasteiger partial charge is 0.251 e. The number of aromatic nitrogens is 3. The molecular formula is C23H21N5O2. The minimum Gasteiger partial charge on any atom is -0.489 e. The van der Waals surface area contributed by atoms with E-state index in [1.807, 2.05) is 49.4 Å². The van der Waals surface area contributed by atoms with Gasteiger partial charge in [0, 0.05) is 22.2 Å². The van der Waals surface area contributed by atoms with Crippen molar-refractivity contribution in [1.29, 1.82) is 0 Å². The molecule has 7 heteroatoms. The van der Waals surface area contributed by atoms with Crippen LogP contribution in [0.15, 0.2) is 67.0 Å². The van der Waals surface area contributed by atoms with E-state index in [0.29, 0.717) is 36.0 Å². The van der Waals surface area contributed by atoms with Gasteiger partial charge in [-0.2, -0.15) is 0 Å². The molecule has 7 nitrogen and oxygen atoms in total. The van der Waals surface area contributed by atoms with Gasteiger partial charge in [0.05, 0.1) is 24.6 Å². The van der Waals surface area contributed by atoms with E-state index < -0.39 is 0 Å². The lowest BCUT2D eigenvalue weighted by Crippen LogP contribution is -2.28. The fourth-order valence-corrected chi connectivity index (χ4v) is 3.07. The van der Waals surface area contributed by atoms with E-state index in [-0.39, 0.29) is 5.91 Å². The molecular weight excluding hydrogens is 378 g/mol. The van der Waals surface area contributed by atoms with Gasteiger partial charge in [0.1, 0.15) is 23.7 Å². The summed E-state index contributed by atoms with van der Waals surface area (Å²) < 4.78 is 5.84. The molecule has 0 aliphatic rings. The number of anilines is 1. The molecule has 4 aromatic rings. The zero-order valence-corrected chi connectivity index (χ0v) is 16.5. The van der Waals surface area contributed by atoms with E-state index in [2.05, 4.69) is 20.3 Å². The maximum atomic E-state index is 12.4. The number of nitrogens with one attached hydrogen (secondary N) is 1. The molecule has 0 saturated heterocycles. The summed E-state index contributed by atoms with van der Waals surface area (Å²) in [4.78, 5) is 25.2. The number of aryl methyl sites for hydroxylation is 1. The first-order valence-corrected chi connectivity index (χ1v) is 9.55. The van der Waals surface area contributed by atoms with Gasteiger partial charge in [-0.3, -0.25) is 9.78 Å². The molecule has 0 atom stereocenters. The number of ether oxygens (including phenoxy) is 1. The van der Waals surface area contributed by atoms with Gasteiger partial charge < -0.3 is 15.8 Å². The highest BCUT2D eigenvalue weighted by Gasteiger charge is 2.08. The van der Waals surface area contributed by atoms with E-state index in [1.165, 1.54) is 6.20 Å². The average molecular weight is 399 g/mol. The first-order chi connectivity index (χ1) is 14.6. The third kappa shape index (κ3) is 4.35. The number of para-hydroxylation sites is 1. The molecule has 2 heterocycles. The number of carbonyl (C=O) groups excluding carboxylic acids is 1. The Bertz CT molecular complexity index is 1190. The van der Waals surface area contributed by atoms with Crippen molar-refractivity contribution in [2.75, 3.05) is 18.9 Å². The van der Waals surface area contributed by atoms with Crippen LogP contribution in [0.4, 0.5) is 5.82 Å². The maximum Gasteiger partial charge on any atom is 0.251 e. The highest BCUT2D eigenvalue weighted by atomic mass is 16.5. The van der Waals surface area contributed by atoms with Crippen LogP contribution in [0, 0.1) is 6.92 Å². The van der Waals surface area contributed by atoms with Gasteiger partial charge in [-0.1, -0.05) is 30.3 Å². The summed E-state index contributed by atoms with van der Waals surface area (Å²) >= 11 is 0. The van der Waals surface area contributed by atoms with Crippen LogP contribution in [0.3, 0.4) is 0 Å². The van der Waals surface area contributed by atoms with Gasteiger partial charge in [0.25, 0.3) is 5.91 Å². The van der Waals surface area contributed by atoms with E-state index in [1.54, 1.807) is 18.3 Å². The zero-order valence-electron chi connectivity index (χ0n) is 16.5. The van der Waals surface area contributed by atoms with Crippen molar-refractivity contribution in [3.8, 4) is 17.0 Å². The fraction of sp³-hybridized carbons (Fsp3) is 0.130. The highest BCUT2D eigenvalue weighted by molar-refractivity contribution is 5.94. The topological polar surface area (TPSA) is 103 Å². The third-order valence-corrected chi connectivity index (χ3v) is 4.56. The van der Waals surface area contributed by atoms with Crippen molar-refractivity contribution in [2.24, 2.45) is 0 Å². The summed E-state index contributed by atoms with van der Waals surface area (Å²) in [6, 6.07) is 16.9. The molecule has 2 aromatic heterocycles. The second-order valence-electron chi connectivity index (χ2n) is 6.79. The number of rotatable bonds is 6. The SMILES string of the molecule is Cc1ccc2cccc(OCCNC(=O)c3ccc(-c4cncc(N)n4)cc3)c2n1. The van der Waals surface area contributed by atoms with Crippen LogP contribution >= 0.6 is 0 Å². The number of pyridine rings is 1. The molecule has 0 fully saturated rings. The van der Waals surface area contributed by atoms with Crippen LogP contribution in [-0.4, -0.2) is 34.0 Å². The van der Waals surface area contributed by atoms with Crippen molar-refractivity contribution in [2.45, 2.75) is 6.92 Å². The predicted octanol–water partition coefficient (Wildman–Crippen LogP) is 3.39. The molecule has 3 N–H and O–H groups in total. The second kappa shape index (κ2) is 8.57. The molecule has 2 aromatic carbocycles. The van der Waals surface area contributed by atoms with Crippen LogP contribution in [0.1, 0.15) is 16.1 Å². The lowest BCUT2D eigenvalue weighted by Gasteiger charge is -2.10. The Morgan fingerprint density at radius 3 is 2.67 bits per heavy atom. The predicted molar refractivity (Wildman–Crippen MR) is 116 cm³/mol. The molecule has 0 bridgehead atoms. The van der Waals surface area contributed by atoms with Crippen molar-refractivity contribution >= 4 is 22.6 Å². The normalized spacial score (nSPS) is 10.7. The number of benzene rings is 2. The standard InChI is InChI=1S/C23H21N5O2/c1-15-5-6-17-3-2-4-20(22(17)27-15)30-12-11-26-23(29)18-9-7-16(8-10-18)19-13-25-14-21(24)28-19/h2-10,13-14H,11-12H2,1H3,(H2,24,28)(H,26,29). The molecule has 1 amide bonds. The highest BCUT2D eigenvalue weighted by Crippen LogP contribution is 2.23. The monoisotopic (exact) mass is 399 g/mol. The largest absolute Gasteiger partial charge is 0.489 e. The number of hydrogen-bond acceptors (Lipinski definition) is 6. The number of hydrogen-bond donors (Lipinski definition) is 2. The molecule has 0 spiro atoms. The lowest BCUT2D eigenvalue weighted by atomic mass is 10.1. The van der Waals surface area contributed by atoms with Crippen LogP contribution in [0.25, 0.3) is 22.2 Å². The summed E-state index contributed by atoms with van der Waals surface area (Å²) in [6.45, 7) is 2.67. The van der Waals surface area contributed by atoms with Crippen LogP contribution < -0.4 is 15.8 Å². The van der Waals surface area contributed by atoms with E-state index in [0.717, 1.165) is 22.2 Å². The Kier molecular flexibility index (Phi) is 5.52. The molecule has 0 unspecified atom stereocenters. The van der Waals surface area contributed by atoms with Crippen LogP contribution in [0.2, 0.25) is 0 Å². The Morgan fingerprint density at radius 2 is 1.87 bits per heavy atom. The van der Waals surface area contributed by atoms with Gasteiger partial charge >= 0.3 is 0 Å². The summed E-state index contributed by atoms with van der Waals surface area (Å²) in [5.74, 6) is 0.889. The number of nitrogens with two attached hydrogens (primary N) is 1. The summed E-state index contributed by atoms with van der Waals surface area (Å²) in [7, 11) is 0. The minimum atomic E-state index is -0.171. The van der Waals surface area contributed by atoms with Crippen LogP contribution in [-0.2, 0) is 0 Å². The Morgan fingerprint density at radius 1 is 1.03 bits per heavy atom. The van der Waals surface area contributed by atoms with Crippen molar-refractivity contribution in [3.05, 3.63) is 78.2 Å². The minimum absolute atomic E-state index is 0.171. The number of amides is 1. The second-order valence-corrected chi connectivity index (χ2v) is 6.79. The first kappa shape index (κ1) is 19.3. The Balaban J connectivity index is 1.34.